The predicted octanol–water partition coefficient (Wildman–Crippen LogP) is 1.68. The summed E-state index contributed by atoms with van der Waals surface area (Å²) >= 11 is 0. The number of benzene rings is 1. The van der Waals surface area contributed by atoms with Crippen molar-refractivity contribution in [2.45, 2.75) is 25.3 Å². The fourth-order valence-electron chi connectivity index (χ4n) is 2.09. The molecule has 0 bridgehead atoms. The Kier molecular flexibility index (Phi) is 3.88. The topological polar surface area (TPSA) is 84.3 Å². The van der Waals surface area contributed by atoms with E-state index in [0.717, 1.165) is 19.4 Å². The van der Waals surface area contributed by atoms with E-state index in [4.69, 9.17) is 0 Å². The average Bonchev–Trinajstić information content (AvgIpc) is 2.82. The molecule has 6 nitrogen and oxygen atoms in total. The molecule has 96 valence electrons. The van der Waals surface area contributed by atoms with Crippen LogP contribution in [0.5, 0.6) is 0 Å². The summed E-state index contributed by atoms with van der Waals surface area (Å²) in [6, 6.07) is 6.34. The number of rotatable bonds is 4. The normalized spacial score (nSPS) is 18.6. The first-order chi connectivity index (χ1) is 8.66. The molecule has 18 heavy (non-hydrogen) atoms. The van der Waals surface area contributed by atoms with Crippen LogP contribution in [-0.4, -0.2) is 23.4 Å². The van der Waals surface area contributed by atoms with Crippen LogP contribution in [0, 0.1) is 10.1 Å². The van der Waals surface area contributed by atoms with Crippen molar-refractivity contribution < 1.29 is 9.72 Å². The zero-order chi connectivity index (χ0) is 13.0. The van der Waals surface area contributed by atoms with Gasteiger partial charge in [-0.15, -0.1) is 0 Å². The summed E-state index contributed by atoms with van der Waals surface area (Å²) in [5.41, 5.74) is 0.177. The molecular formula is C12H15N3O3. The highest BCUT2D eigenvalue weighted by molar-refractivity contribution is 5.93. The molecule has 0 radical (unpaired) electrons. The molecule has 1 amide bonds. The molecule has 1 aliphatic heterocycles. The van der Waals surface area contributed by atoms with E-state index >= 15 is 0 Å². The molecule has 0 aromatic heterocycles. The van der Waals surface area contributed by atoms with Gasteiger partial charge in [-0.25, -0.2) is 0 Å². The number of carbonyl (C=O) groups excluding carboxylic acids is 1. The highest BCUT2D eigenvalue weighted by atomic mass is 16.6. The number of hydrogen-bond acceptors (Lipinski definition) is 4. The summed E-state index contributed by atoms with van der Waals surface area (Å²) in [5.74, 6) is -0.191. The van der Waals surface area contributed by atoms with Crippen LogP contribution < -0.4 is 10.6 Å². The van der Waals surface area contributed by atoms with Gasteiger partial charge in [-0.2, -0.15) is 0 Å². The van der Waals surface area contributed by atoms with Gasteiger partial charge in [0.15, 0.2) is 0 Å². The van der Waals surface area contributed by atoms with E-state index in [-0.39, 0.29) is 23.3 Å². The number of anilines is 1. The first kappa shape index (κ1) is 12.5. The zero-order valence-corrected chi connectivity index (χ0v) is 9.89. The van der Waals surface area contributed by atoms with Gasteiger partial charge in [0.2, 0.25) is 5.91 Å². The van der Waals surface area contributed by atoms with Crippen LogP contribution in [-0.2, 0) is 4.79 Å². The van der Waals surface area contributed by atoms with E-state index in [0.29, 0.717) is 6.42 Å². The number of hydrogen-bond donors (Lipinski definition) is 2. The van der Waals surface area contributed by atoms with Crippen LogP contribution in [0.1, 0.15) is 19.3 Å². The van der Waals surface area contributed by atoms with E-state index in [1.54, 1.807) is 12.1 Å². The maximum atomic E-state index is 11.8. The number of nitrogens with one attached hydrogen (secondary N) is 2. The Labute approximate surface area is 105 Å². The summed E-state index contributed by atoms with van der Waals surface area (Å²) in [7, 11) is 0. The minimum atomic E-state index is -0.497. The molecule has 2 N–H and O–H groups in total. The molecular weight excluding hydrogens is 234 g/mol. The van der Waals surface area contributed by atoms with Crippen molar-refractivity contribution in [2.24, 2.45) is 0 Å². The van der Waals surface area contributed by atoms with Crippen molar-refractivity contribution in [3.8, 4) is 0 Å². The Balaban J connectivity index is 2.00. The van der Waals surface area contributed by atoms with Crippen LogP contribution in [0.15, 0.2) is 24.3 Å². The Morgan fingerprint density at radius 1 is 1.50 bits per heavy atom. The molecule has 2 rings (SSSR count). The lowest BCUT2D eigenvalue weighted by Crippen LogP contribution is -2.27. The molecule has 1 fully saturated rings. The molecule has 1 atom stereocenters. The van der Waals surface area contributed by atoms with Gasteiger partial charge in [0.05, 0.1) is 4.92 Å². The predicted molar refractivity (Wildman–Crippen MR) is 67.4 cm³/mol. The summed E-state index contributed by atoms with van der Waals surface area (Å²) in [5, 5.41) is 16.6. The number of nitro groups is 1. The molecule has 1 aromatic carbocycles. The van der Waals surface area contributed by atoms with Crippen LogP contribution in [0.3, 0.4) is 0 Å². The average molecular weight is 249 g/mol. The Morgan fingerprint density at radius 3 is 2.94 bits per heavy atom. The monoisotopic (exact) mass is 249 g/mol. The van der Waals surface area contributed by atoms with Crippen LogP contribution in [0.25, 0.3) is 0 Å². The van der Waals surface area contributed by atoms with E-state index in [1.807, 2.05) is 0 Å². The van der Waals surface area contributed by atoms with Gasteiger partial charge < -0.3 is 10.6 Å². The largest absolute Gasteiger partial charge is 0.320 e. The molecule has 0 aliphatic carbocycles. The Bertz CT molecular complexity index is 456. The van der Waals surface area contributed by atoms with Gasteiger partial charge in [-0.1, -0.05) is 12.1 Å². The lowest BCUT2D eigenvalue weighted by molar-refractivity contribution is -0.383. The Hall–Kier alpha value is -1.95. The van der Waals surface area contributed by atoms with E-state index in [2.05, 4.69) is 10.6 Å². The summed E-state index contributed by atoms with van der Waals surface area (Å²) in [4.78, 5) is 22.1. The fourth-order valence-corrected chi connectivity index (χ4v) is 2.09. The summed E-state index contributed by atoms with van der Waals surface area (Å²) < 4.78 is 0. The quantitative estimate of drug-likeness (QED) is 0.628. The second kappa shape index (κ2) is 5.59. The van der Waals surface area contributed by atoms with Crippen LogP contribution >= 0.6 is 0 Å². The highest BCUT2D eigenvalue weighted by Gasteiger charge is 2.20. The standard InChI is InChI=1S/C12H15N3O3/c16-12(8-9-4-3-7-13-9)14-10-5-1-2-6-11(10)15(17)18/h1-2,5-6,9,13H,3-4,7-8H2,(H,14,16). The molecule has 1 aliphatic rings. The zero-order valence-electron chi connectivity index (χ0n) is 9.89. The van der Waals surface area contributed by atoms with Crippen molar-refractivity contribution >= 4 is 17.3 Å². The molecule has 1 saturated heterocycles. The van der Waals surface area contributed by atoms with Crippen LogP contribution in [0.4, 0.5) is 11.4 Å². The van der Waals surface area contributed by atoms with Gasteiger partial charge in [0.1, 0.15) is 5.69 Å². The molecule has 0 saturated carbocycles. The van der Waals surface area contributed by atoms with E-state index in [1.165, 1.54) is 12.1 Å². The van der Waals surface area contributed by atoms with Crippen molar-refractivity contribution in [3.05, 3.63) is 34.4 Å². The van der Waals surface area contributed by atoms with Gasteiger partial charge in [-0.05, 0) is 25.5 Å². The third kappa shape index (κ3) is 3.04. The third-order valence-corrected chi connectivity index (χ3v) is 2.97. The number of nitrogens with zero attached hydrogens (tertiary/aromatic N) is 1. The van der Waals surface area contributed by atoms with Gasteiger partial charge in [0, 0.05) is 18.5 Å². The van der Waals surface area contributed by atoms with Gasteiger partial charge >= 0.3 is 0 Å². The van der Waals surface area contributed by atoms with E-state index < -0.39 is 4.92 Å². The minimum Gasteiger partial charge on any atom is -0.320 e. The van der Waals surface area contributed by atoms with Crippen molar-refractivity contribution in [2.75, 3.05) is 11.9 Å². The van der Waals surface area contributed by atoms with Gasteiger partial charge in [0.25, 0.3) is 5.69 Å². The summed E-state index contributed by atoms with van der Waals surface area (Å²) in [6.07, 6.45) is 2.40. The van der Waals surface area contributed by atoms with Crippen molar-refractivity contribution in [3.63, 3.8) is 0 Å². The number of nitro benzene ring substituents is 1. The SMILES string of the molecule is O=C(CC1CCCN1)Nc1ccccc1[N+](=O)[O-]. The summed E-state index contributed by atoms with van der Waals surface area (Å²) in [6.45, 7) is 0.934. The molecule has 1 unspecified atom stereocenters. The second-order valence-electron chi connectivity index (χ2n) is 4.32. The Morgan fingerprint density at radius 2 is 2.28 bits per heavy atom. The lowest BCUT2D eigenvalue weighted by Gasteiger charge is -2.10. The number of amides is 1. The number of carbonyl (C=O) groups is 1. The van der Waals surface area contributed by atoms with Gasteiger partial charge in [-0.3, -0.25) is 14.9 Å². The fraction of sp³-hybridized carbons (Fsp3) is 0.417. The molecule has 0 spiro atoms. The first-order valence-corrected chi connectivity index (χ1v) is 5.93. The lowest BCUT2D eigenvalue weighted by atomic mass is 10.1. The molecule has 1 aromatic rings. The maximum absolute atomic E-state index is 11.8. The number of para-hydroxylation sites is 2. The minimum absolute atomic E-state index is 0.0785. The van der Waals surface area contributed by atoms with E-state index in [9.17, 15) is 14.9 Å². The maximum Gasteiger partial charge on any atom is 0.292 e. The van der Waals surface area contributed by atoms with Crippen molar-refractivity contribution in [1.29, 1.82) is 0 Å². The molecule has 6 heteroatoms. The van der Waals surface area contributed by atoms with Crippen molar-refractivity contribution in [1.82, 2.24) is 5.32 Å². The van der Waals surface area contributed by atoms with Crippen LogP contribution in [0.2, 0.25) is 0 Å². The molecule has 1 heterocycles. The third-order valence-electron chi connectivity index (χ3n) is 2.97. The first-order valence-electron chi connectivity index (χ1n) is 5.93. The highest BCUT2D eigenvalue weighted by Crippen LogP contribution is 2.23. The second-order valence-corrected chi connectivity index (χ2v) is 4.32. The smallest absolute Gasteiger partial charge is 0.292 e.